The number of carbonyl (C=O) groups is 1. The second-order valence-electron chi connectivity index (χ2n) is 3.85. The summed E-state index contributed by atoms with van der Waals surface area (Å²) in [4.78, 5) is 15.9. The first-order valence-electron chi connectivity index (χ1n) is 5.41. The molecule has 0 bridgehead atoms. The molecule has 0 aliphatic carbocycles. The largest absolute Gasteiger partial charge is 0.324 e. The Balaban J connectivity index is 1.99. The van der Waals surface area contributed by atoms with E-state index in [0.29, 0.717) is 0 Å². The Bertz CT molecular complexity index is 377. The molecule has 1 amide bonds. The van der Waals surface area contributed by atoms with Crippen molar-refractivity contribution in [3.8, 4) is 0 Å². The van der Waals surface area contributed by atoms with Gasteiger partial charge in [0.25, 0.3) is 0 Å². The summed E-state index contributed by atoms with van der Waals surface area (Å²) in [7, 11) is 0. The summed E-state index contributed by atoms with van der Waals surface area (Å²) < 4.78 is 0.805. The van der Waals surface area contributed by atoms with Crippen LogP contribution in [0.1, 0.15) is 19.3 Å². The summed E-state index contributed by atoms with van der Waals surface area (Å²) in [5.41, 5.74) is 0.771. The molecule has 16 heavy (non-hydrogen) atoms. The Morgan fingerprint density at radius 1 is 1.56 bits per heavy atom. The van der Waals surface area contributed by atoms with Gasteiger partial charge in [-0.2, -0.15) is 0 Å². The Hall–Kier alpha value is -0.940. The maximum Gasteiger partial charge on any atom is 0.241 e. The van der Waals surface area contributed by atoms with Gasteiger partial charge in [0.15, 0.2) is 0 Å². The van der Waals surface area contributed by atoms with Crippen LogP contribution in [0.2, 0.25) is 0 Å². The Morgan fingerprint density at radius 3 is 3.12 bits per heavy atom. The third-order valence-corrected chi connectivity index (χ3v) is 3.29. The summed E-state index contributed by atoms with van der Waals surface area (Å²) in [5.74, 6) is 0.0339. The summed E-state index contributed by atoms with van der Waals surface area (Å²) in [6.45, 7) is 0.926. The molecule has 1 aliphatic rings. The van der Waals surface area contributed by atoms with Gasteiger partial charge in [0.05, 0.1) is 16.2 Å². The van der Waals surface area contributed by atoms with Gasteiger partial charge >= 0.3 is 0 Å². The van der Waals surface area contributed by atoms with Crippen molar-refractivity contribution in [1.29, 1.82) is 0 Å². The van der Waals surface area contributed by atoms with Crippen molar-refractivity contribution in [2.75, 3.05) is 11.9 Å². The lowest BCUT2D eigenvalue weighted by atomic mass is 10.0. The number of rotatable bonds is 2. The second-order valence-corrected chi connectivity index (χ2v) is 4.70. The lowest BCUT2D eigenvalue weighted by Gasteiger charge is -2.22. The van der Waals surface area contributed by atoms with Crippen LogP contribution in [0.5, 0.6) is 0 Å². The van der Waals surface area contributed by atoms with E-state index in [1.54, 1.807) is 18.5 Å². The molecule has 0 aromatic carbocycles. The van der Waals surface area contributed by atoms with Crippen molar-refractivity contribution in [3.63, 3.8) is 0 Å². The maximum atomic E-state index is 11.9. The van der Waals surface area contributed by atoms with Crippen LogP contribution >= 0.6 is 15.9 Å². The third kappa shape index (κ3) is 2.80. The van der Waals surface area contributed by atoms with Crippen LogP contribution in [0.3, 0.4) is 0 Å². The normalized spacial score (nSPS) is 20.4. The molecule has 86 valence electrons. The van der Waals surface area contributed by atoms with Gasteiger partial charge in [0.2, 0.25) is 5.91 Å². The van der Waals surface area contributed by atoms with Crippen molar-refractivity contribution < 1.29 is 4.79 Å². The first kappa shape index (κ1) is 11.5. The van der Waals surface area contributed by atoms with Gasteiger partial charge in [-0.05, 0) is 41.4 Å². The molecule has 1 aromatic heterocycles. The number of pyridine rings is 1. The van der Waals surface area contributed by atoms with E-state index in [-0.39, 0.29) is 11.9 Å². The molecule has 1 aromatic rings. The number of amides is 1. The van der Waals surface area contributed by atoms with E-state index in [1.807, 2.05) is 0 Å². The van der Waals surface area contributed by atoms with Crippen LogP contribution in [-0.2, 0) is 4.79 Å². The number of aromatic nitrogens is 1. The molecule has 1 atom stereocenters. The molecule has 2 heterocycles. The molecule has 1 saturated heterocycles. The first-order chi connectivity index (χ1) is 7.77. The van der Waals surface area contributed by atoms with E-state index in [9.17, 15) is 4.79 Å². The van der Waals surface area contributed by atoms with Gasteiger partial charge in [-0.25, -0.2) is 0 Å². The third-order valence-electron chi connectivity index (χ3n) is 2.66. The molecule has 0 unspecified atom stereocenters. The fourth-order valence-electron chi connectivity index (χ4n) is 1.77. The fourth-order valence-corrected chi connectivity index (χ4v) is 2.12. The van der Waals surface area contributed by atoms with Crippen molar-refractivity contribution in [2.24, 2.45) is 0 Å². The zero-order valence-electron chi connectivity index (χ0n) is 8.87. The molecule has 5 heteroatoms. The van der Waals surface area contributed by atoms with Crippen LogP contribution in [0.25, 0.3) is 0 Å². The van der Waals surface area contributed by atoms with E-state index in [2.05, 4.69) is 31.5 Å². The monoisotopic (exact) mass is 283 g/mol. The molecular formula is C11H14BrN3O. The van der Waals surface area contributed by atoms with Crippen molar-refractivity contribution in [2.45, 2.75) is 25.3 Å². The van der Waals surface area contributed by atoms with Gasteiger partial charge < -0.3 is 10.6 Å². The molecule has 1 aliphatic heterocycles. The maximum absolute atomic E-state index is 11.9. The topological polar surface area (TPSA) is 54.0 Å². The number of anilines is 1. The minimum atomic E-state index is -0.0613. The molecule has 0 radical (unpaired) electrons. The highest BCUT2D eigenvalue weighted by atomic mass is 79.9. The summed E-state index contributed by atoms with van der Waals surface area (Å²) in [6.07, 6.45) is 6.51. The van der Waals surface area contributed by atoms with Crippen LogP contribution in [0.15, 0.2) is 22.9 Å². The number of piperidine rings is 1. The Kier molecular flexibility index (Phi) is 3.90. The Labute approximate surface area is 103 Å². The van der Waals surface area contributed by atoms with Gasteiger partial charge in [-0.15, -0.1) is 0 Å². The van der Waals surface area contributed by atoms with E-state index in [4.69, 9.17) is 0 Å². The summed E-state index contributed by atoms with van der Waals surface area (Å²) in [5, 5.41) is 6.11. The minimum Gasteiger partial charge on any atom is -0.324 e. The fraction of sp³-hybridized carbons (Fsp3) is 0.455. The predicted octanol–water partition coefficient (Wildman–Crippen LogP) is 1.92. The number of hydrogen-bond acceptors (Lipinski definition) is 3. The van der Waals surface area contributed by atoms with Gasteiger partial charge in [-0.1, -0.05) is 6.42 Å². The highest BCUT2D eigenvalue weighted by Gasteiger charge is 2.20. The number of hydrogen-bond donors (Lipinski definition) is 2. The zero-order valence-corrected chi connectivity index (χ0v) is 10.5. The highest BCUT2D eigenvalue weighted by molar-refractivity contribution is 9.10. The SMILES string of the molecule is O=C(Nc1ccncc1Br)[C@@H]1CCCCN1. The van der Waals surface area contributed by atoms with E-state index >= 15 is 0 Å². The van der Waals surface area contributed by atoms with Crippen LogP contribution in [-0.4, -0.2) is 23.5 Å². The van der Waals surface area contributed by atoms with Crippen LogP contribution in [0, 0.1) is 0 Å². The number of halogens is 1. The molecule has 1 fully saturated rings. The lowest BCUT2D eigenvalue weighted by molar-refractivity contribution is -0.118. The molecule has 2 N–H and O–H groups in total. The second kappa shape index (κ2) is 5.41. The molecule has 2 rings (SSSR count). The minimum absolute atomic E-state index is 0.0339. The van der Waals surface area contributed by atoms with Crippen molar-refractivity contribution in [3.05, 3.63) is 22.9 Å². The highest BCUT2D eigenvalue weighted by Crippen LogP contribution is 2.20. The molecule has 0 spiro atoms. The predicted molar refractivity (Wildman–Crippen MR) is 66.2 cm³/mol. The van der Waals surface area contributed by atoms with Crippen molar-refractivity contribution in [1.82, 2.24) is 10.3 Å². The molecule has 0 saturated carbocycles. The van der Waals surface area contributed by atoms with E-state index in [1.165, 1.54) is 0 Å². The Morgan fingerprint density at radius 2 is 2.44 bits per heavy atom. The smallest absolute Gasteiger partial charge is 0.241 e. The standard InChI is InChI=1S/C11H14BrN3O/c12-8-7-13-6-4-9(8)15-11(16)10-3-1-2-5-14-10/h4,6-7,10,14H,1-3,5H2,(H,13,15,16)/t10-/m0/s1. The number of nitrogens with zero attached hydrogens (tertiary/aromatic N) is 1. The van der Waals surface area contributed by atoms with Gasteiger partial charge in [0, 0.05) is 12.4 Å². The van der Waals surface area contributed by atoms with Gasteiger partial charge in [-0.3, -0.25) is 9.78 Å². The lowest BCUT2D eigenvalue weighted by Crippen LogP contribution is -2.43. The van der Waals surface area contributed by atoms with Crippen LogP contribution in [0.4, 0.5) is 5.69 Å². The first-order valence-corrected chi connectivity index (χ1v) is 6.20. The summed E-state index contributed by atoms with van der Waals surface area (Å²) >= 11 is 3.35. The zero-order chi connectivity index (χ0) is 11.4. The molecule has 4 nitrogen and oxygen atoms in total. The number of nitrogens with one attached hydrogen (secondary N) is 2. The molecular weight excluding hydrogens is 270 g/mol. The average Bonchev–Trinajstić information content (AvgIpc) is 2.33. The average molecular weight is 284 g/mol. The van der Waals surface area contributed by atoms with Crippen LogP contribution < -0.4 is 10.6 Å². The van der Waals surface area contributed by atoms with E-state index < -0.39 is 0 Å². The quantitative estimate of drug-likeness (QED) is 0.872. The van der Waals surface area contributed by atoms with Crippen molar-refractivity contribution >= 4 is 27.5 Å². The van der Waals surface area contributed by atoms with E-state index in [0.717, 1.165) is 36.0 Å². The number of carbonyl (C=O) groups excluding carboxylic acids is 1. The van der Waals surface area contributed by atoms with Gasteiger partial charge in [0.1, 0.15) is 0 Å². The summed E-state index contributed by atoms with van der Waals surface area (Å²) in [6, 6.07) is 1.72.